The summed E-state index contributed by atoms with van der Waals surface area (Å²) in [5.41, 5.74) is -1.04. The maximum absolute atomic E-state index is 12.0. The molecule has 202 valence electrons. The smallest absolute Gasteiger partial charge is 0.410 e. The van der Waals surface area contributed by atoms with Gasteiger partial charge in [-0.25, -0.2) is 19.6 Å². The van der Waals surface area contributed by atoms with E-state index in [0.717, 1.165) is 0 Å². The molecule has 0 aliphatic rings. The van der Waals surface area contributed by atoms with Crippen LogP contribution in [0.1, 0.15) is 67.0 Å². The van der Waals surface area contributed by atoms with Crippen LogP contribution in [0.5, 0.6) is 0 Å². The summed E-state index contributed by atoms with van der Waals surface area (Å²) < 4.78 is 11.2. The second-order valence-corrected chi connectivity index (χ2v) is 10.8. The van der Waals surface area contributed by atoms with Gasteiger partial charge < -0.3 is 19.2 Å². The number of carbonyl (C=O) groups is 2. The predicted molar refractivity (Wildman–Crippen MR) is 147 cm³/mol. The van der Waals surface area contributed by atoms with Gasteiger partial charge in [0.15, 0.2) is 11.6 Å². The Morgan fingerprint density at radius 1 is 0.919 bits per heavy atom. The highest BCUT2D eigenvalue weighted by atomic mass is 127. The van der Waals surface area contributed by atoms with Crippen molar-refractivity contribution in [1.29, 1.82) is 0 Å². The third-order valence-electron chi connectivity index (χ3n) is 4.29. The van der Waals surface area contributed by atoms with E-state index in [1.807, 2.05) is 78.0 Å². The molecule has 2 heterocycles. The summed E-state index contributed by atoms with van der Waals surface area (Å²) in [5.74, 6) is 1.93. The lowest BCUT2D eigenvalue weighted by Gasteiger charge is -2.25. The van der Waals surface area contributed by atoms with Crippen LogP contribution in [-0.2, 0) is 22.6 Å². The van der Waals surface area contributed by atoms with Crippen molar-refractivity contribution < 1.29 is 19.1 Å². The van der Waals surface area contributed by atoms with E-state index in [9.17, 15) is 9.59 Å². The normalized spacial score (nSPS) is 10.9. The summed E-state index contributed by atoms with van der Waals surface area (Å²) in [6.07, 6.45) is 0.683. The molecule has 2 amide bonds. The van der Waals surface area contributed by atoms with Crippen LogP contribution in [0, 0.1) is 16.8 Å². The van der Waals surface area contributed by atoms with Crippen LogP contribution < -0.4 is 0 Å². The van der Waals surface area contributed by atoms with Gasteiger partial charge in [0.2, 0.25) is 5.82 Å². The second-order valence-electron chi connectivity index (χ2n) is 9.75. The second kappa shape index (κ2) is 13.8. The molecule has 0 unspecified atom stereocenters. The molecule has 0 aliphatic carbocycles. The summed E-state index contributed by atoms with van der Waals surface area (Å²) in [6.45, 7) is 30.1. The highest BCUT2D eigenvalue weighted by Crippen LogP contribution is 2.19. The van der Waals surface area contributed by atoms with Gasteiger partial charge in [0, 0.05) is 13.1 Å². The van der Waals surface area contributed by atoms with E-state index < -0.39 is 11.2 Å². The van der Waals surface area contributed by atoms with E-state index >= 15 is 0 Å². The Hall–Kier alpha value is -3.33. The average molecular weight is 627 g/mol. The molecule has 0 aliphatic heterocycles. The zero-order chi connectivity index (χ0) is 28.4. The Balaban J connectivity index is 0.000000371. The van der Waals surface area contributed by atoms with Crippen molar-refractivity contribution >= 4 is 46.4 Å². The van der Waals surface area contributed by atoms with Gasteiger partial charge in [0.1, 0.15) is 28.0 Å². The number of imidazole rings is 2. The fourth-order valence-electron chi connectivity index (χ4n) is 2.65. The van der Waals surface area contributed by atoms with Crippen molar-refractivity contribution in [3.8, 4) is 0 Å². The maximum Gasteiger partial charge on any atom is 0.410 e. The number of nitrogens with zero attached hydrogens (tertiary/aromatic N) is 6. The number of hydrogen-bond acceptors (Lipinski definition) is 6. The average Bonchev–Trinajstić information content (AvgIpc) is 3.39. The van der Waals surface area contributed by atoms with E-state index in [-0.39, 0.29) is 12.2 Å². The number of ether oxygens (including phenoxy) is 2. The van der Waals surface area contributed by atoms with Gasteiger partial charge in [0.25, 0.3) is 5.82 Å². The van der Waals surface area contributed by atoms with Crippen molar-refractivity contribution in [3.63, 3.8) is 0 Å². The van der Waals surface area contributed by atoms with Gasteiger partial charge in [-0.3, -0.25) is 19.8 Å². The molecule has 0 aromatic carbocycles. The molecule has 2 N–H and O–H groups in total. The molecule has 0 saturated carbocycles. The van der Waals surface area contributed by atoms with Crippen molar-refractivity contribution in [3.05, 3.63) is 44.4 Å². The molecule has 0 saturated heterocycles. The monoisotopic (exact) mass is 626 g/mol. The first-order chi connectivity index (χ1) is 17.1. The number of nitrogens with one attached hydrogen (secondary N) is 2. The lowest BCUT2D eigenvalue weighted by atomic mass is 10.2. The summed E-state index contributed by atoms with van der Waals surface area (Å²) in [7, 11) is 0. The number of aromatic amines is 2. The van der Waals surface area contributed by atoms with Crippen LogP contribution >= 0.6 is 22.6 Å². The first-order valence-corrected chi connectivity index (χ1v) is 12.7. The number of rotatable bonds is 6. The molecule has 2 rings (SSSR count). The molecule has 37 heavy (non-hydrogen) atoms. The number of aromatic nitrogens is 4. The van der Waals surface area contributed by atoms with Gasteiger partial charge in [-0.2, -0.15) is 0 Å². The van der Waals surface area contributed by atoms with Crippen LogP contribution in [0.15, 0.2) is 6.20 Å². The number of amides is 2. The number of carbonyl (C=O) groups excluding carboxylic acids is 2. The number of halogens is 1. The quantitative estimate of drug-likeness (QED) is 0.298. The van der Waals surface area contributed by atoms with Crippen LogP contribution in [0.25, 0.3) is 9.69 Å². The number of H-pyrrole nitrogens is 2. The topological polar surface area (TPSA) is 125 Å². The Morgan fingerprint density at radius 3 is 1.76 bits per heavy atom. The van der Waals surface area contributed by atoms with Gasteiger partial charge in [-0.15, -0.1) is 0 Å². The van der Waals surface area contributed by atoms with E-state index in [1.165, 1.54) is 16.0 Å². The third-order valence-corrected chi connectivity index (χ3v) is 5.04. The maximum atomic E-state index is 12.0. The zero-order valence-electron chi connectivity index (χ0n) is 22.6. The minimum absolute atomic E-state index is 0.303. The predicted octanol–water partition coefficient (Wildman–Crippen LogP) is 6.04. The molecule has 2 aromatic rings. The Kier molecular flexibility index (Phi) is 11.9. The SMILES string of the molecule is [C-]#[N+]c1[nH]c(CN(CC)C(=O)OC(C)(C)C)nc1I.[C-]#[N+]c1cnc(CN(CC)C(=O)OC(C)(C)C)[nH]1. The molecule has 12 nitrogen and oxygen atoms in total. The Morgan fingerprint density at radius 2 is 1.41 bits per heavy atom. The molecule has 0 fully saturated rings. The standard InChI is InChI=1S/C12H17IN4O2.C12H18N4O2/c1-6-17(11(18)19-12(2,3)4)7-8-15-9(13)10(14-5)16-8;1-6-16(11(17)18-12(2,3)4)8-10-14-7-9(13-5)15-10/h6-7H2,1-4H3,(H,15,16);7H,6,8H2,1-4H3,(H,14,15). The molecule has 13 heteroatoms. The third kappa shape index (κ3) is 11.5. The highest BCUT2D eigenvalue weighted by molar-refractivity contribution is 14.1. The highest BCUT2D eigenvalue weighted by Gasteiger charge is 2.24. The van der Waals surface area contributed by atoms with E-state index in [0.29, 0.717) is 53.2 Å². The van der Waals surface area contributed by atoms with Crippen molar-refractivity contribution in [1.82, 2.24) is 29.7 Å². The fourth-order valence-corrected chi connectivity index (χ4v) is 3.20. The van der Waals surface area contributed by atoms with E-state index in [4.69, 9.17) is 22.6 Å². The van der Waals surface area contributed by atoms with Gasteiger partial charge in [0.05, 0.1) is 6.20 Å². The fraction of sp³-hybridized carbons (Fsp3) is 0.583. The minimum atomic E-state index is -0.524. The molecule has 0 spiro atoms. The van der Waals surface area contributed by atoms with Crippen LogP contribution in [0.2, 0.25) is 0 Å². The first-order valence-electron chi connectivity index (χ1n) is 11.6. The number of hydrogen-bond donors (Lipinski definition) is 2. The van der Waals surface area contributed by atoms with Crippen molar-refractivity contribution in [2.45, 2.75) is 79.7 Å². The van der Waals surface area contributed by atoms with Crippen LogP contribution in [0.3, 0.4) is 0 Å². The van der Waals surface area contributed by atoms with Crippen LogP contribution in [0.4, 0.5) is 21.2 Å². The summed E-state index contributed by atoms with van der Waals surface area (Å²) >= 11 is 1.99. The summed E-state index contributed by atoms with van der Waals surface area (Å²) in [4.78, 5) is 47.4. The molecule has 0 bridgehead atoms. The van der Waals surface area contributed by atoms with Crippen molar-refractivity contribution in [2.75, 3.05) is 13.1 Å². The van der Waals surface area contributed by atoms with Crippen LogP contribution in [-0.4, -0.2) is 66.2 Å². The molecule has 2 aromatic heterocycles. The van der Waals surface area contributed by atoms with Crippen molar-refractivity contribution in [2.24, 2.45) is 0 Å². The molecule has 0 atom stereocenters. The zero-order valence-corrected chi connectivity index (χ0v) is 24.8. The summed E-state index contributed by atoms with van der Waals surface area (Å²) in [6, 6.07) is 0. The van der Waals surface area contributed by atoms with Gasteiger partial charge >= 0.3 is 12.2 Å². The lowest BCUT2D eigenvalue weighted by Crippen LogP contribution is -2.36. The summed E-state index contributed by atoms with van der Waals surface area (Å²) in [5, 5.41) is 0. The Labute approximate surface area is 231 Å². The van der Waals surface area contributed by atoms with Gasteiger partial charge in [-0.05, 0) is 78.0 Å². The first kappa shape index (κ1) is 31.7. The minimum Gasteiger partial charge on any atom is -0.444 e. The van der Waals surface area contributed by atoms with Gasteiger partial charge in [-0.1, -0.05) is 13.1 Å². The molecular weight excluding hydrogens is 591 g/mol. The Bertz CT molecular complexity index is 1130. The van der Waals surface area contributed by atoms with E-state index in [2.05, 4.69) is 29.6 Å². The van der Waals surface area contributed by atoms with E-state index in [1.54, 1.807) is 0 Å². The molecular formula is C24H35IN8O4. The lowest BCUT2D eigenvalue weighted by molar-refractivity contribution is 0.0230. The largest absolute Gasteiger partial charge is 0.444 e. The molecule has 0 radical (unpaired) electrons.